The Bertz CT molecular complexity index is 359. The Balaban J connectivity index is 2.25. The second kappa shape index (κ2) is 4.66. The third kappa shape index (κ3) is 2.25. The average molecular weight is 219 g/mol. The van der Waals surface area contributed by atoms with Crippen LogP contribution in [-0.2, 0) is 4.79 Å². The molecule has 0 aromatic heterocycles. The summed E-state index contributed by atoms with van der Waals surface area (Å²) < 4.78 is 0. The number of hydrogen-bond donors (Lipinski definition) is 1. The van der Waals surface area contributed by atoms with Gasteiger partial charge < -0.3 is 5.11 Å². The minimum absolute atomic E-state index is 0.464. The summed E-state index contributed by atoms with van der Waals surface area (Å²) in [6, 6.07) is 9.46. The van der Waals surface area contributed by atoms with E-state index in [9.17, 15) is 9.90 Å². The van der Waals surface area contributed by atoms with Gasteiger partial charge in [-0.05, 0) is 24.9 Å². The second-order valence-corrected chi connectivity index (χ2v) is 4.21. The van der Waals surface area contributed by atoms with Gasteiger partial charge in [0, 0.05) is 6.04 Å². The Morgan fingerprint density at radius 2 is 2.06 bits per heavy atom. The van der Waals surface area contributed by atoms with E-state index in [0.717, 1.165) is 24.9 Å². The molecule has 0 saturated heterocycles. The monoisotopic (exact) mass is 219 g/mol. The first-order valence-electron chi connectivity index (χ1n) is 5.77. The lowest BCUT2D eigenvalue weighted by Gasteiger charge is -2.27. The van der Waals surface area contributed by atoms with Crippen LogP contribution in [0.5, 0.6) is 0 Å². The molecular formula is C13H17NO2. The minimum Gasteiger partial charge on any atom is -0.480 e. The van der Waals surface area contributed by atoms with Gasteiger partial charge in [-0.15, -0.1) is 0 Å². The van der Waals surface area contributed by atoms with Crippen molar-refractivity contribution in [2.24, 2.45) is 0 Å². The molecule has 0 aliphatic heterocycles. The Hall–Kier alpha value is -1.35. The zero-order valence-corrected chi connectivity index (χ0v) is 9.47. The maximum absolute atomic E-state index is 11.4. The van der Waals surface area contributed by atoms with Gasteiger partial charge in [0.25, 0.3) is 0 Å². The molecule has 1 aromatic rings. The van der Waals surface area contributed by atoms with Crippen molar-refractivity contribution in [3.8, 4) is 0 Å². The van der Waals surface area contributed by atoms with E-state index in [-0.39, 0.29) is 0 Å². The van der Waals surface area contributed by atoms with E-state index < -0.39 is 12.0 Å². The maximum atomic E-state index is 11.4. The molecule has 2 rings (SSSR count). The Labute approximate surface area is 95.7 Å². The Morgan fingerprint density at radius 3 is 2.50 bits per heavy atom. The molecule has 3 heteroatoms. The first-order valence-corrected chi connectivity index (χ1v) is 5.77. The van der Waals surface area contributed by atoms with Gasteiger partial charge in [0.2, 0.25) is 0 Å². The van der Waals surface area contributed by atoms with Crippen LogP contribution in [0.3, 0.4) is 0 Å². The van der Waals surface area contributed by atoms with Crippen LogP contribution in [0.4, 0.5) is 0 Å². The number of aliphatic carboxylic acids is 1. The first-order chi connectivity index (χ1) is 7.74. The summed E-state index contributed by atoms with van der Waals surface area (Å²) in [5.41, 5.74) is 0.878. The van der Waals surface area contributed by atoms with Crippen LogP contribution in [-0.4, -0.2) is 28.6 Å². The molecule has 16 heavy (non-hydrogen) atoms. The largest absolute Gasteiger partial charge is 0.480 e. The van der Waals surface area contributed by atoms with Gasteiger partial charge in [-0.25, -0.2) is 0 Å². The number of carboxylic acids is 1. The Morgan fingerprint density at radius 1 is 1.44 bits per heavy atom. The number of rotatable bonds is 5. The van der Waals surface area contributed by atoms with Crippen molar-refractivity contribution in [3.05, 3.63) is 35.9 Å². The van der Waals surface area contributed by atoms with Crippen LogP contribution in [0.15, 0.2) is 30.3 Å². The summed E-state index contributed by atoms with van der Waals surface area (Å²) >= 11 is 0. The highest BCUT2D eigenvalue weighted by atomic mass is 16.4. The average Bonchev–Trinajstić information content (AvgIpc) is 3.10. The lowest BCUT2D eigenvalue weighted by molar-refractivity contribution is -0.143. The number of carbonyl (C=O) groups is 1. The number of benzene rings is 1. The van der Waals surface area contributed by atoms with Gasteiger partial charge in [0.1, 0.15) is 6.04 Å². The topological polar surface area (TPSA) is 40.5 Å². The predicted octanol–water partition coefficient (Wildman–Crippen LogP) is 2.30. The van der Waals surface area contributed by atoms with Crippen molar-refractivity contribution in [1.82, 2.24) is 4.90 Å². The van der Waals surface area contributed by atoms with Gasteiger partial charge >= 0.3 is 5.97 Å². The quantitative estimate of drug-likeness (QED) is 0.826. The highest BCUT2D eigenvalue weighted by Gasteiger charge is 2.36. The molecule has 86 valence electrons. The third-order valence-corrected chi connectivity index (χ3v) is 3.06. The molecule has 0 bridgehead atoms. The molecule has 0 amide bonds. The van der Waals surface area contributed by atoms with E-state index in [4.69, 9.17) is 0 Å². The second-order valence-electron chi connectivity index (χ2n) is 4.21. The molecule has 0 radical (unpaired) electrons. The number of likely N-dealkylation sites (N-methyl/N-ethyl adjacent to an activating group) is 1. The van der Waals surface area contributed by atoms with Crippen molar-refractivity contribution in [1.29, 1.82) is 0 Å². The summed E-state index contributed by atoms with van der Waals surface area (Å²) in [7, 11) is 0. The van der Waals surface area contributed by atoms with Crippen LogP contribution in [0.1, 0.15) is 31.4 Å². The Kier molecular flexibility index (Phi) is 3.25. The summed E-state index contributed by atoms with van der Waals surface area (Å²) in [4.78, 5) is 13.5. The van der Waals surface area contributed by atoms with Crippen molar-refractivity contribution < 1.29 is 9.90 Å². The van der Waals surface area contributed by atoms with Crippen molar-refractivity contribution in [3.63, 3.8) is 0 Å². The summed E-state index contributed by atoms with van der Waals surface area (Å²) in [5, 5.41) is 9.36. The van der Waals surface area contributed by atoms with E-state index in [1.165, 1.54) is 0 Å². The molecule has 1 aliphatic rings. The lowest BCUT2D eigenvalue weighted by Crippen LogP contribution is -2.35. The highest BCUT2D eigenvalue weighted by molar-refractivity contribution is 5.75. The molecule has 1 aliphatic carbocycles. The van der Waals surface area contributed by atoms with Crippen molar-refractivity contribution >= 4 is 5.97 Å². The lowest BCUT2D eigenvalue weighted by atomic mass is 10.1. The smallest absolute Gasteiger partial charge is 0.325 e. The predicted molar refractivity (Wildman–Crippen MR) is 62.2 cm³/mol. The van der Waals surface area contributed by atoms with E-state index in [2.05, 4.69) is 4.90 Å². The zero-order chi connectivity index (χ0) is 11.5. The number of carboxylic acid groups (broad SMARTS) is 1. The molecule has 1 unspecified atom stereocenters. The van der Waals surface area contributed by atoms with Gasteiger partial charge in [-0.1, -0.05) is 37.3 Å². The summed E-state index contributed by atoms with van der Waals surface area (Å²) in [6.45, 7) is 2.81. The van der Waals surface area contributed by atoms with Crippen molar-refractivity contribution in [2.75, 3.05) is 6.54 Å². The summed E-state index contributed by atoms with van der Waals surface area (Å²) in [6.07, 6.45) is 2.26. The fourth-order valence-corrected chi connectivity index (χ4v) is 2.17. The molecule has 1 saturated carbocycles. The molecule has 0 spiro atoms. The number of nitrogens with zero attached hydrogens (tertiary/aromatic N) is 1. The normalized spacial score (nSPS) is 17.4. The van der Waals surface area contributed by atoms with E-state index in [1.807, 2.05) is 37.3 Å². The molecule has 0 heterocycles. The molecule has 1 fully saturated rings. The van der Waals surface area contributed by atoms with Crippen LogP contribution >= 0.6 is 0 Å². The standard InChI is InChI=1S/C13H17NO2/c1-2-14(11-8-9-11)12(13(15)16)10-6-4-3-5-7-10/h3-7,11-12H,2,8-9H2,1H3,(H,15,16). The minimum atomic E-state index is -0.750. The molecular weight excluding hydrogens is 202 g/mol. The summed E-state index contributed by atoms with van der Waals surface area (Å²) in [5.74, 6) is -0.750. The van der Waals surface area contributed by atoms with E-state index in [0.29, 0.717) is 6.04 Å². The molecule has 3 nitrogen and oxygen atoms in total. The van der Waals surface area contributed by atoms with E-state index in [1.54, 1.807) is 0 Å². The van der Waals surface area contributed by atoms with Crippen LogP contribution in [0.2, 0.25) is 0 Å². The molecule has 1 aromatic carbocycles. The molecule has 1 atom stereocenters. The van der Waals surface area contributed by atoms with Crippen LogP contribution < -0.4 is 0 Å². The number of hydrogen-bond acceptors (Lipinski definition) is 2. The van der Waals surface area contributed by atoms with Crippen molar-refractivity contribution in [2.45, 2.75) is 31.8 Å². The fraction of sp³-hybridized carbons (Fsp3) is 0.462. The SMILES string of the molecule is CCN(C1CC1)C(C(=O)O)c1ccccc1. The van der Waals surface area contributed by atoms with Crippen LogP contribution in [0, 0.1) is 0 Å². The molecule has 1 N–H and O–H groups in total. The highest BCUT2D eigenvalue weighted by Crippen LogP contribution is 2.34. The van der Waals surface area contributed by atoms with Crippen LogP contribution in [0.25, 0.3) is 0 Å². The van der Waals surface area contributed by atoms with Gasteiger partial charge in [0.05, 0.1) is 0 Å². The van der Waals surface area contributed by atoms with E-state index >= 15 is 0 Å². The first kappa shape index (κ1) is 11.1. The fourth-order valence-electron chi connectivity index (χ4n) is 2.17. The third-order valence-electron chi connectivity index (χ3n) is 3.06. The maximum Gasteiger partial charge on any atom is 0.325 e. The zero-order valence-electron chi connectivity index (χ0n) is 9.47. The van der Waals surface area contributed by atoms with Gasteiger partial charge in [-0.2, -0.15) is 0 Å². The van der Waals surface area contributed by atoms with Gasteiger partial charge in [-0.3, -0.25) is 9.69 Å². The van der Waals surface area contributed by atoms with Gasteiger partial charge in [0.15, 0.2) is 0 Å².